The summed E-state index contributed by atoms with van der Waals surface area (Å²) in [5.74, 6) is 1.23. The number of hydrogen-bond acceptors (Lipinski definition) is 5. The Hall–Kier alpha value is -1.89. The highest BCUT2D eigenvalue weighted by molar-refractivity contribution is 8.00. The molecule has 1 aromatic heterocycles. The van der Waals surface area contributed by atoms with Crippen LogP contribution in [0.2, 0.25) is 0 Å². The molecule has 6 nitrogen and oxygen atoms in total. The van der Waals surface area contributed by atoms with Crippen molar-refractivity contribution < 1.29 is 4.79 Å². The van der Waals surface area contributed by atoms with E-state index in [9.17, 15) is 4.79 Å². The Bertz CT molecular complexity index is 805. The molecule has 0 aliphatic heterocycles. The van der Waals surface area contributed by atoms with E-state index in [4.69, 9.17) is 0 Å². The molecular weight excluding hydrogens is 358 g/mol. The summed E-state index contributed by atoms with van der Waals surface area (Å²) >= 11 is 1.40. The van der Waals surface area contributed by atoms with Crippen molar-refractivity contribution in [1.82, 2.24) is 25.5 Å². The van der Waals surface area contributed by atoms with E-state index in [-0.39, 0.29) is 17.2 Å². The fraction of sp³-hybridized carbons (Fsp3) is 0.600. The number of tetrazole rings is 1. The Kier molecular flexibility index (Phi) is 6.19. The Labute approximate surface area is 165 Å². The van der Waals surface area contributed by atoms with Crippen molar-refractivity contribution in [3.05, 3.63) is 29.3 Å². The molecule has 27 heavy (non-hydrogen) atoms. The lowest BCUT2D eigenvalue weighted by Gasteiger charge is -2.35. The first-order chi connectivity index (χ1) is 12.9. The number of carbonyl (C=O) groups excluding carboxylic acids is 1. The van der Waals surface area contributed by atoms with Gasteiger partial charge >= 0.3 is 0 Å². The second-order valence-electron chi connectivity index (χ2n) is 7.81. The van der Waals surface area contributed by atoms with Gasteiger partial charge in [0.05, 0.1) is 10.9 Å². The van der Waals surface area contributed by atoms with Crippen LogP contribution in [0.4, 0.5) is 0 Å². The molecule has 1 aromatic carbocycles. The van der Waals surface area contributed by atoms with Crippen molar-refractivity contribution in [2.75, 3.05) is 0 Å². The predicted octanol–water partition coefficient (Wildman–Crippen LogP) is 3.70. The number of thioether (sulfide) groups is 1. The number of aromatic nitrogens is 4. The highest BCUT2D eigenvalue weighted by atomic mass is 32.2. The SMILES string of the molecule is Cc1ccc(-n2nnnc2SC(C)C(=O)NC2CCCC(C)C2C)c(C)c1. The lowest BCUT2D eigenvalue weighted by molar-refractivity contribution is -0.121. The van der Waals surface area contributed by atoms with Gasteiger partial charge in [-0.1, -0.05) is 56.1 Å². The minimum absolute atomic E-state index is 0.0566. The molecule has 1 N–H and O–H groups in total. The molecule has 0 bridgehead atoms. The molecule has 1 amide bonds. The summed E-state index contributed by atoms with van der Waals surface area (Å²) in [6.07, 6.45) is 3.50. The molecule has 2 aromatic rings. The second kappa shape index (κ2) is 8.42. The van der Waals surface area contributed by atoms with Gasteiger partial charge in [-0.3, -0.25) is 4.79 Å². The zero-order valence-corrected chi connectivity index (χ0v) is 17.6. The summed E-state index contributed by atoms with van der Waals surface area (Å²) in [6.45, 7) is 10.5. The Morgan fingerprint density at radius 3 is 2.81 bits per heavy atom. The van der Waals surface area contributed by atoms with Gasteiger partial charge < -0.3 is 5.32 Å². The highest BCUT2D eigenvalue weighted by Crippen LogP contribution is 2.30. The number of amides is 1. The summed E-state index contributed by atoms with van der Waals surface area (Å²) in [5.41, 5.74) is 3.24. The molecule has 0 saturated heterocycles. The zero-order valence-electron chi connectivity index (χ0n) is 16.8. The van der Waals surface area contributed by atoms with Gasteiger partial charge in [-0.15, -0.1) is 5.10 Å². The minimum Gasteiger partial charge on any atom is -0.352 e. The average Bonchev–Trinajstić information content (AvgIpc) is 3.06. The quantitative estimate of drug-likeness (QED) is 0.792. The molecule has 1 saturated carbocycles. The van der Waals surface area contributed by atoms with Crippen LogP contribution in [0.5, 0.6) is 0 Å². The maximum Gasteiger partial charge on any atom is 0.233 e. The summed E-state index contributed by atoms with van der Waals surface area (Å²) in [6, 6.07) is 6.42. The van der Waals surface area contributed by atoms with Crippen molar-refractivity contribution in [2.24, 2.45) is 11.8 Å². The van der Waals surface area contributed by atoms with E-state index in [0.29, 0.717) is 17.0 Å². The van der Waals surface area contributed by atoms with Gasteiger partial charge in [0.25, 0.3) is 0 Å². The van der Waals surface area contributed by atoms with E-state index in [0.717, 1.165) is 17.7 Å². The van der Waals surface area contributed by atoms with Crippen LogP contribution in [0, 0.1) is 25.7 Å². The third-order valence-electron chi connectivity index (χ3n) is 5.71. The average molecular weight is 388 g/mol. The van der Waals surface area contributed by atoms with E-state index in [2.05, 4.69) is 47.7 Å². The van der Waals surface area contributed by atoms with Crippen molar-refractivity contribution in [2.45, 2.75) is 70.3 Å². The van der Waals surface area contributed by atoms with E-state index in [1.807, 2.05) is 26.0 Å². The number of carbonyl (C=O) groups is 1. The Morgan fingerprint density at radius 2 is 2.07 bits per heavy atom. The van der Waals surface area contributed by atoms with Crippen molar-refractivity contribution in [1.29, 1.82) is 0 Å². The minimum atomic E-state index is -0.259. The number of nitrogens with zero attached hydrogens (tertiary/aromatic N) is 4. The summed E-state index contributed by atoms with van der Waals surface area (Å²) in [4.78, 5) is 12.7. The van der Waals surface area contributed by atoms with Crippen LogP contribution in [0.3, 0.4) is 0 Å². The summed E-state index contributed by atoms with van der Waals surface area (Å²) in [7, 11) is 0. The second-order valence-corrected chi connectivity index (χ2v) is 9.11. The summed E-state index contributed by atoms with van der Waals surface area (Å²) < 4.78 is 1.72. The van der Waals surface area contributed by atoms with Gasteiger partial charge in [0.1, 0.15) is 0 Å². The number of benzene rings is 1. The van der Waals surface area contributed by atoms with Crippen LogP contribution in [0.25, 0.3) is 5.69 Å². The summed E-state index contributed by atoms with van der Waals surface area (Å²) in [5, 5.41) is 15.7. The largest absolute Gasteiger partial charge is 0.352 e. The van der Waals surface area contributed by atoms with Gasteiger partial charge in [-0.25, -0.2) is 0 Å². The number of nitrogens with one attached hydrogen (secondary N) is 1. The molecule has 0 radical (unpaired) electrons. The first-order valence-electron chi connectivity index (χ1n) is 9.70. The highest BCUT2D eigenvalue weighted by Gasteiger charge is 2.30. The molecular formula is C20H29N5OS. The van der Waals surface area contributed by atoms with Gasteiger partial charge in [0, 0.05) is 6.04 Å². The van der Waals surface area contributed by atoms with Crippen molar-refractivity contribution in [3.63, 3.8) is 0 Å². The molecule has 3 rings (SSSR count). The monoisotopic (exact) mass is 387 g/mol. The molecule has 1 heterocycles. The molecule has 4 unspecified atom stereocenters. The maximum absolute atomic E-state index is 12.7. The molecule has 7 heteroatoms. The van der Waals surface area contributed by atoms with Crippen LogP contribution in [0.15, 0.2) is 23.4 Å². The van der Waals surface area contributed by atoms with E-state index in [1.54, 1.807) is 4.68 Å². The van der Waals surface area contributed by atoms with E-state index in [1.165, 1.54) is 30.2 Å². The Morgan fingerprint density at radius 1 is 1.30 bits per heavy atom. The van der Waals surface area contributed by atoms with Crippen LogP contribution < -0.4 is 5.32 Å². The van der Waals surface area contributed by atoms with Crippen molar-refractivity contribution >= 4 is 17.7 Å². The van der Waals surface area contributed by atoms with E-state index >= 15 is 0 Å². The zero-order chi connectivity index (χ0) is 19.6. The van der Waals surface area contributed by atoms with Gasteiger partial charge in [-0.2, -0.15) is 4.68 Å². The molecule has 1 aliphatic carbocycles. The fourth-order valence-electron chi connectivity index (χ4n) is 3.74. The molecule has 146 valence electrons. The molecule has 0 spiro atoms. The predicted molar refractivity (Wildman–Crippen MR) is 108 cm³/mol. The maximum atomic E-state index is 12.7. The lowest BCUT2D eigenvalue weighted by atomic mass is 9.78. The fourth-order valence-corrected chi connectivity index (χ4v) is 4.55. The number of rotatable bonds is 5. The molecule has 1 fully saturated rings. The van der Waals surface area contributed by atoms with Crippen LogP contribution in [-0.2, 0) is 4.79 Å². The number of aryl methyl sites for hydroxylation is 2. The van der Waals surface area contributed by atoms with Gasteiger partial charge in [0.15, 0.2) is 0 Å². The standard InChI is InChI=1S/C20H29N5OS/c1-12-9-10-18(14(3)11-12)25-20(22-23-24-25)27-16(5)19(26)21-17-8-6-7-13(2)15(17)4/h9-11,13,15-17H,6-8H2,1-5H3,(H,21,26). The first-order valence-corrected chi connectivity index (χ1v) is 10.6. The van der Waals surface area contributed by atoms with Gasteiger partial charge in [-0.05, 0) is 61.1 Å². The molecule has 4 atom stereocenters. The lowest BCUT2D eigenvalue weighted by Crippen LogP contribution is -2.46. The normalized spacial score (nSPS) is 23.8. The van der Waals surface area contributed by atoms with Crippen LogP contribution in [-0.4, -0.2) is 37.4 Å². The first kappa shape index (κ1) is 19.9. The Balaban J connectivity index is 1.69. The number of hydrogen-bond donors (Lipinski definition) is 1. The topological polar surface area (TPSA) is 72.7 Å². The van der Waals surface area contributed by atoms with Crippen LogP contribution in [0.1, 0.15) is 51.2 Å². The molecule has 1 aliphatic rings. The third kappa shape index (κ3) is 4.51. The smallest absolute Gasteiger partial charge is 0.233 e. The third-order valence-corrected chi connectivity index (χ3v) is 6.74. The van der Waals surface area contributed by atoms with Gasteiger partial charge in [0.2, 0.25) is 11.1 Å². The van der Waals surface area contributed by atoms with E-state index < -0.39 is 0 Å². The van der Waals surface area contributed by atoms with Crippen LogP contribution >= 0.6 is 11.8 Å². The van der Waals surface area contributed by atoms with Crippen molar-refractivity contribution in [3.8, 4) is 5.69 Å².